The molecule has 1 aromatic carbocycles. The van der Waals surface area contributed by atoms with Crippen LogP contribution < -0.4 is 11.1 Å². The van der Waals surface area contributed by atoms with E-state index in [9.17, 15) is 0 Å². The van der Waals surface area contributed by atoms with Gasteiger partial charge in [0.2, 0.25) is 5.89 Å². The number of aromatic nitrogens is 2. The Labute approximate surface area is 93.7 Å². The lowest BCUT2D eigenvalue weighted by molar-refractivity contribution is 0.511. The highest BCUT2D eigenvalue weighted by Crippen LogP contribution is 2.21. The third kappa shape index (κ3) is 2.04. The molecule has 0 saturated heterocycles. The molecule has 0 radical (unpaired) electrons. The molecule has 5 heteroatoms. The zero-order valence-electron chi connectivity index (χ0n) is 9.32. The van der Waals surface area contributed by atoms with Gasteiger partial charge >= 0.3 is 6.01 Å². The SMILES string of the molecule is Cc1cccc(Nc2nnc(CN)o2)c1C. The van der Waals surface area contributed by atoms with Crippen molar-refractivity contribution in [3.63, 3.8) is 0 Å². The van der Waals surface area contributed by atoms with Gasteiger partial charge in [-0.15, -0.1) is 5.10 Å². The summed E-state index contributed by atoms with van der Waals surface area (Å²) < 4.78 is 5.27. The van der Waals surface area contributed by atoms with E-state index in [1.165, 1.54) is 5.56 Å². The highest BCUT2D eigenvalue weighted by atomic mass is 16.4. The van der Waals surface area contributed by atoms with Gasteiger partial charge in [-0.2, -0.15) is 0 Å². The number of benzene rings is 1. The van der Waals surface area contributed by atoms with Gasteiger partial charge in [-0.05, 0) is 31.0 Å². The maximum absolute atomic E-state index is 5.39. The molecule has 84 valence electrons. The molecule has 0 spiro atoms. The van der Waals surface area contributed by atoms with Crippen molar-refractivity contribution in [2.24, 2.45) is 5.73 Å². The van der Waals surface area contributed by atoms with Crippen molar-refractivity contribution in [3.05, 3.63) is 35.2 Å². The number of nitrogens with one attached hydrogen (secondary N) is 1. The van der Waals surface area contributed by atoms with Crippen molar-refractivity contribution in [3.8, 4) is 0 Å². The highest BCUT2D eigenvalue weighted by Gasteiger charge is 2.06. The Balaban J connectivity index is 2.23. The van der Waals surface area contributed by atoms with E-state index in [0.29, 0.717) is 11.9 Å². The Bertz CT molecular complexity index is 492. The van der Waals surface area contributed by atoms with Crippen LogP contribution in [-0.2, 0) is 6.54 Å². The van der Waals surface area contributed by atoms with Crippen LogP contribution in [0.25, 0.3) is 0 Å². The molecule has 0 aliphatic carbocycles. The minimum absolute atomic E-state index is 0.251. The van der Waals surface area contributed by atoms with E-state index >= 15 is 0 Å². The summed E-state index contributed by atoms with van der Waals surface area (Å²) in [5.41, 5.74) is 8.73. The molecule has 0 fully saturated rings. The molecular weight excluding hydrogens is 204 g/mol. The van der Waals surface area contributed by atoms with Crippen LogP contribution in [0, 0.1) is 13.8 Å². The summed E-state index contributed by atoms with van der Waals surface area (Å²) in [6, 6.07) is 6.37. The number of rotatable bonds is 3. The van der Waals surface area contributed by atoms with E-state index in [4.69, 9.17) is 10.2 Å². The molecule has 2 aromatic rings. The summed E-state index contributed by atoms with van der Waals surface area (Å²) in [6.07, 6.45) is 0. The lowest BCUT2D eigenvalue weighted by atomic mass is 10.1. The molecule has 0 aliphatic heterocycles. The maximum Gasteiger partial charge on any atom is 0.320 e. The molecule has 0 bridgehead atoms. The van der Waals surface area contributed by atoms with Gasteiger partial charge in [-0.1, -0.05) is 17.2 Å². The van der Waals surface area contributed by atoms with E-state index in [1.807, 2.05) is 19.1 Å². The van der Waals surface area contributed by atoms with Crippen LogP contribution in [0.4, 0.5) is 11.7 Å². The maximum atomic E-state index is 5.39. The predicted molar refractivity (Wildman–Crippen MR) is 61.4 cm³/mol. The smallest absolute Gasteiger partial charge is 0.320 e. The minimum atomic E-state index is 0.251. The fraction of sp³-hybridized carbons (Fsp3) is 0.273. The van der Waals surface area contributed by atoms with Gasteiger partial charge in [0, 0.05) is 5.69 Å². The number of aryl methyl sites for hydroxylation is 1. The Hall–Kier alpha value is -1.88. The number of hydrogen-bond acceptors (Lipinski definition) is 5. The number of nitrogens with two attached hydrogens (primary N) is 1. The molecule has 5 nitrogen and oxygen atoms in total. The van der Waals surface area contributed by atoms with Gasteiger partial charge in [0.15, 0.2) is 0 Å². The molecular formula is C11H14N4O. The summed E-state index contributed by atoms with van der Waals surface area (Å²) in [5.74, 6) is 0.424. The summed E-state index contributed by atoms with van der Waals surface area (Å²) >= 11 is 0. The average Bonchev–Trinajstić information content (AvgIpc) is 2.73. The molecule has 0 saturated carbocycles. The third-order valence-corrected chi connectivity index (χ3v) is 2.49. The lowest BCUT2D eigenvalue weighted by Gasteiger charge is -2.07. The first-order chi connectivity index (χ1) is 7.70. The van der Waals surface area contributed by atoms with Crippen LogP contribution in [0.5, 0.6) is 0 Å². The Morgan fingerprint density at radius 3 is 2.81 bits per heavy atom. The zero-order chi connectivity index (χ0) is 11.5. The zero-order valence-corrected chi connectivity index (χ0v) is 9.32. The molecule has 2 rings (SSSR count). The quantitative estimate of drug-likeness (QED) is 0.822. The summed E-state index contributed by atoms with van der Waals surface area (Å²) in [4.78, 5) is 0. The van der Waals surface area contributed by atoms with Crippen LogP contribution in [0.2, 0.25) is 0 Å². The van der Waals surface area contributed by atoms with Gasteiger partial charge in [0.05, 0.1) is 6.54 Å². The molecule has 0 aliphatic rings. The predicted octanol–water partition coefficient (Wildman–Crippen LogP) is 1.89. The molecule has 3 N–H and O–H groups in total. The van der Waals surface area contributed by atoms with Gasteiger partial charge in [0.25, 0.3) is 0 Å². The first-order valence-electron chi connectivity index (χ1n) is 5.06. The second-order valence-electron chi connectivity index (χ2n) is 3.58. The second kappa shape index (κ2) is 4.32. The van der Waals surface area contributed by atoms with Crippen molar-refractivity contribution in [1.29, 1.82) is 0 Å². The highest BCUT2D eigenvalue weighted by molar-refractivity contribution is 5.59. The monoisotopic (exact) mass is 218 g/mol. The molecule has 1 aromatic heterocycles. The molecule has 1 heterocycles. The van der Waals surface area contributed by atoms with Crippen molar-refractivity contribution in [2.75, 3.05) is 5.32 Å². The van der Waals surface area contributed by atoms with Crippen LogP contribution in [0.1, 0.15) is 17.0 Å². The molecule has 0 atom stereocenters. The third-order valence-electron chi connectivity index (χ3n) is 2.49. The van der Waals surface area contributed by atoms with E-state index < -0.39 is 0 Å². The van der Waals surface area contributed by atoms with Crippen LogP contribution >= 0.6 is 0 Å². The summed E-state index contributed by atoms with van der Waals surface area (Å²) in [7, 11) is 0. The first kappa shape index (κ1) is 10.6. The average molecular weight is 218 g/mol. The summed E-state index contributed by atoms with van der Waals surface area (Å²) in [6.45, 7) is 4.35. The van der Waals surface area contributed by atoms with E-state index in [1.54, 1.807) is 0 Å². The fourth-order valence-electron chi connectivity index (χ4n) is 1.39. The number of anilines is 2. The Kier molecular flexibility index (Phi) is 2.87. The van der Waals surface area contributed by atoms with Gasteiger partial charge < -0.3 is 15.5 Å². The lowest BCUT2D eigenvalue weighted by Crippen LogP contribution is -1.95. The van der Waals surface area contributed by atoms with Crippen molar-refractivity contribution < 1.29 is 4.42 Å². The first-order valence-corrected chi connectivity index (χ1v) is 5.06. The van der Waals surface area contributed by atoms with E-state index in [0.717, 1.165) is 11.3 Å². The van der Waals surface area contributed by atoms with Crippen molar-refractivity contribution in [2.45, 2.75) is 20.4 Å². The van der Waals surface area contributed by atoms with Crippen molar-refractivity contribution in [1.82, 2.24) is 10.2 Å². The van der Waals surface area contributed by atoms with Gasteiger partial charge in [-0.3, -0.25) is 0 Å². The molecule has 0 amide bonds. The number of hydrogen-bond donors (Lipinski definition) is 2. The number of nitrogens with zero attached hydrogens (tertiary/aromatic N) is 2. The largest absolute Gasteiger partial charge is 0.406 e. The van der Waals surface area contributed by atoms with Crippen LogP contribution in [0.15, 0.2) is 22.6 Å². The standard InChI is InChI=1S/C11H14N4O/c1-7-4-3-5-9(8(7)2)13-11-15-14-10(6-12)16-11/h3-5H,6,12H2,1-2H3,(H,13,15). The summed E-state index contributed by atoms with van der Waals surface area (Å²) in [5, 5.41) is 10.7. The van der Waals surface area contributed by atoms with Crippen LogP contribution in [0.3, 0.4) is 0 Å². The van der Waals surface area contributed by atoms with E-state index in [-0.39, 0.29) is 6.54 Å². The Morgan fingerprint density at radius 1 is 1.31 bits per heavy atom. The van der Waals surface area contributed by atoms with Crippen molar-refractivity contribution >= 4 is 11.7 Å². The van der Waals surface area contributed by atoms with Gasteiger partial charge in [0.1, 0.15) is 0 Å². The second-order valence-corrected chi connectivity index (χ2v) is 3.58. The molecule has 0 unspecified atom stereocenters. The normalized spacial score (nSPS) is 10.4. The molecule has 16 heavy (non-hydrogen) atoms. The van der Waals surface area contributed by atoms with Gasteiger partial charge in [-0.25, -0.2) is 0 Å². The van der Waals surface area contributed by atoms with E-state index in [2.05, 4.69) is 28.5 Å². The minimum Gasteiger partial charge on any atom is -0.406 e. The fourth-order valence-corrected chi connectivity index (χ4v) is 1.39. The Morgan fingerprint density at radius 2 is 2.12 bits per heavy atom. The topological polar surface area (TPSA) is 77.0 Å². The van der Waals surface area contributed by atoms with Crippen LogP contribution in [-0.4, -0.2) is 10.2 Å².